The number of carbonyl (C=O) groups excluding carboxylic acids is 1. The molecule has 0 aliphatic carbocycles. The Kier molecular flexibility index (Phi) is 4.96. The van der Waals surface area contributed by atoms with Gasteiger partial charge in [0, 0.05) is 29.5 Å². The number of rotatable bonds is 5. The van der Waals surface area contributed by atoms with Crippen LogP contribution in [0, 0.1) is 11.8 Å². The Hall–Kier alpha value is -3.19. The largest absolute Gasteiger partial charge is 0.399 e. The van der Waals surface area contributed by atoms with Crippen LogP contribution < -0.4 is 11.1 Å². The van der Waals surface area contributed by atoms with Crippen LogP contribution in [0.2, 0.25) is 0 Å². The van der Waals surface area contributed by atoms with Gasteiger partial charge >= 0.3 is 0 Å². The summed E-state index contributed by atoms with van der Waals surface area (Å²) in [7, 11) is 0. The van der Waals surface area contributed by atoms with E-state index in [2.05, 4.69) is 20.5 Å². The van der Waals surface area contributed by atoms with Gasteiger partial charge in [-0.05, 0) is 49.6 Å². The molecule has 0 spiro atoms. The molecular weight excluding hydrogens is 376 g/mol. The highest BCUT2D eigenvalue weighted by Crippen LogP contribution is 2.37. The van der Waals surface area contributed by atoms with Gasteiger partial charge in [0.15, 0.2) is 0 Å². The maximum absolute atomic E-state index is 12.8. The molecule has 1 unspecified atom stereocenters. The van der Waals surface area contributed by atoms with Crippen molar-refractivity contribution in [3.63, 3.8) is 0 Å². The van der Waals surface area contributed by atoms with Crippen molar-refractivity contribution < 1.29 is 4.79 Å². The molecule has 7 nitrogen and oxygen atoms in total. The van der Waals surface area contributed by atoms with E-state index in [0.717, 1.165) is 55.1 Å². The maximum Gasteiger partial charge on any atom is 0.229 e. The SMILES string of the molecule is Nc1cccc(-c2cn(C[C@H]3C[C@@H]4CCN3C[C@@H]4C(=O)Nc3ccccc3)nn2)c1. The number of anilines is 2. The van der Waals surface area contributed by atoms with Crippen LogP contribution in [0.1, 0.15) is 12.8 Å². The molecule has 4 heterocycles. The first-order valence-electron chi connectivity index (χ1n) is 10.5. The maximum atomic E-state index is 12.8. The number of hydrogen-bond acceptors (Lipinski definition) is 5. The van der Waals surface area contributed by atoms with Gasteiger partial charge in [0.05, 0.1) is 18.7 Å². The van der Waals surface area contributed by atoms with Crippen molar-refractivity contribution in [3.05, 3.63) is 60.8 Å². The molecule has 154 valence electrons. The van der Waals surface area contributed by atoms with Crippen molar-refractivity contribution in [1.29, 1.82) is 0 Å². The zero-order chi connectivity index (χ0) is 20.5. The number of nitrogens with zero attached hydrogens (tertiary/aromatic N) is 4. The van der Waals surface area contributed by atoms with E-state index in [-0.39, 0.29) is 11.8 Å². The summed E-state index contributed by atoms with van der Waals surface area (Å²) >= 11 is 0. The average Bonchev–Trinajstić information content (AvgIpc) is 3.23. The summed E-state index contributed by atoms with van der Waals surface area (Å²) in [6.07, 6.45) is 4.08. The van der Waals surface area contributed by atoms with Gasteiger partial charge in [-0.15, -0.1) is 5.10 Å². The lowest BCUT2D eigenvalue weighted by Crippen LogP contribution is -2.57. The second-order valence-corrected chi connectivity index (χ2v) is 8.35. The highest BCUT2D eigenvalue weighted by molar-refractivity contribution is 5.93. The van der Waals surface area contributed by atoms with Crippen LogP contribution in [0.15, 0.2) is 60.8 Å². The topological polar surface area (TPSA) is 89.1 Å². The number of para-hydroxylation sites is 1. The molecule has 30 heavy (non-hydrogen) atoms. The third-order valence-corrected chi connectivity index (χ3v) is 6.38. The van der Waals surface area contributed by atoms with Gasteiger partial charge in [0.1, 0.15) is 5.69 Å². The Morgan fingerprint density at radius 2 is 2.03 bits per heavy atom. The van der Waals surface area contributed by atoms with E-state index in [4.69, 9.17) is 5.73 Å². The van der Waals surface area contributed by atoms with Crippen molar-refractivity contribution in [2.75, 3.05) is 24.1 Å². The molecule has 3 N–H and O–H groups in total. The lowest BCUT2D eigenvalue weighted by Gasteiger charge is -2.49. The van der Waals surface area contributed by atoms with Gasteiger partial charge in [-0.1, -0.05) is 35.5 Å². The fourth-order valence-corrected chi connectivity index (χ4v) is 4.82. The molecule has 2 bridgehead atoms. The van der Waals surface area contributed by atoms with Crippen molar-refractivity contribution in [1.82, 2.24) is 19.9 Å². The predicted octanol–water partition coefficient (Wildman–Crippen LogP) is 2.88. The molecule has 3 saturated heterocycles. The second kappa shape index (κ2) is 7.91. The van der Waals surface area contributed by atoms with Crippen LogP contribution in [0.3, 0.4) is 0 Å². The van der Waals surface area contributed by atoms with Crippen molar-refractivity contribution in [3.8, 4) is 11.3 Å². The Labute approximate surface area is 175 Å². The number of hydrogen-bond donors (Lipinski definition) is 2. The molecule has 1 aromatic heterocycles. The first-order chi connectivity index (χ1) is 14.7. The van der Waals surface area contributed by atoms with E-state index < -0.39 is 0 Å². The van der Waals surface area contributed by atoms with Crippen LogP contribution in [0.5, 0.6) is 0 Å². The van der Waals surface area contributed by atoms with Crippen LogP contribution in [-0.4, -0.2) is 44.9 Å². The normalized spacial score (nSPS) is 25.2. The third-order valence-electron chi connectivity index (χ3n) is 6.38. The quantitative estimate of drug-likeness (QED) is 0.641. The minimum atomic E-state index is 0.0498. The molecule has 1 amide bonds. The average molecular weight is 403 g/mol. The van der Waals surface area contributed by atoms with E-state index in [9.17, 15) is 4.79 Å². The van der Waals surface area contributed by atoms with Crippen LogP contribution in [0.4, 0.5) is 11.4 Å². The third kappa shape index (κ3) is 3.80. The van der Waals surface area contributed by atoms with Crippen molar-refractivity contribution in [2.24, 2.45) is 11.8 Å². The van der Waals surface area contributed by atoms with Gasteiger partial charge in [-0.3, -0.25) is 14.4 Å². The molecule has 3 aliphatic rings. The molecule has 0 radical (unpaired) electrons. The zero-order valence-electron chi connectivity index (χ0n) is 16.8. The van der Waals surface area contributed by atoms with Crippen LogP contribution in [0.25, 0.3) is 11.3 Å². The zero-order valence-corrected chi connectivity index (χ0v) is 16.8. The summed E-state index contributed by atoms with van der Waals surface area (Å²) in [5.41, 5.74) is 9.28. The summed E-state index contributed by atoms with van der Waals surface area (Å²) in [6.45, 7) is 2.64. The smallest absolute Gasteiger partial charge is 0.229 e. The summed E-state index contributed by atoms with van der Waals surface area (Å²) in [5.74, 6) is 0.605. The monoisotopic (exact) mass is 402 g/mol. The molecule has 4 atom stereocenters. The predicted molar refractivity (Wildman–Crippen MR) is 117 cm³/mol. The van der Waals surface area contributed by atoms with E-state index in [0.29, 0.717) is 12.0 Å². The van der Waals surface area contributed by atoms with Gasteiger partial charge < -0.3 is 11.1 Å². The number of nitrogens with one attached hydrogen (secondary N) is 1. The molecule has 3 fully saturated rings. The minimum absolute atomic E-state index is 0.0498. The highest BCUT2D eigenvalue weighted by Gasteiger charge is 2.43. The Bertz CT molecular complexity index is 1030. The number of amides is 1. The fourth-order valence-electron chi connectivity index (χ4n) is 4.82. The second-order valence-electron chi connectivity index (χ2n) is 8.35. The van der Waals surface area contributed by atoms with Gasteiger partial charge in [0.25, 0.3) is 0 Å². The number of nitrogen functional groups attached to an aromatic ring is 1. The Morgan fingerprint density at radius 3 is 2.80 bits per heavy atom. The number of fused-ring (bicyclic) bond motifs is 3. The number of carbonyl (C=O) groups is 1. The Balaban J connectivity index is 1.23. The lowest BCUT2D eigenvalue weighted by molar-refractivity contribution is -0.127. The van der Waals surface area contributed by atoms with Crippen LogP contribution >= 0.6 is 0 Å². The summed E-state index contributed by atoms with van der Waals surface area (Å²) in [4.78, 5) is 15.3. The summed E-state index contributed by atoms with van der Waals surface area (Å²) in [6, 6.07) is 17.8. The van der Waals surface area contributed by atoms with Gasteiger partial charge in [-0.2, -0.15) is 0 Å². The molecule has 3 aromatic rings. The molecule has 6 rings (SSSR count). The van der Waals surface area contributed by atoms with Gasteiger partial charge in [0.2, 0.25) is 5.91 Å². The highest BCUT2D eigenvalue weighted by atomic mass is 16.2. The lowest BCUT2D eigenvalue weighted by atomic mass is 9.75. The molecule has 2 aromatic carbocycles. The van der Waals surface area contributed by atoms with E-state index in [1.54, 1.807) is 0 Å². The number of aromatic nitrogens is 3. The standard InChI is InChI=1S/C23H26N6O/c24-18-6-4-5-17(11-18)22-15-29(27-26-22)13-20-12-16-9-10-28(20)14-21(16)23(30)25-19-7-2-1-3-8-19/h1-8,11,15-16,20-21H,9-10,12-14,24H2,(H,25,30)/t16-,20+,21-/m0/s1. The number of benzene rings is 2. The molecular formula is C23H26N6O. The molecule has 3 aliphatic heterocycles. The van der Waals surface area contributed by atoms with Crippen molar-refractivity contribution in [2.45, 2.75) is 25.4 Å². The molecule has 7 heteroatoms. The molecule has 0 saturated carbocycles. The first-order valence-corrected chi connectivity index (χ1v) is 10.5. The van der Waals surface area contributed by atoms with E-state index in [1.807, 2.05) is 65.5 Å². The summed E-state index contributed by atoms with van der Waals surface area (Å²) < 4.78 is 1.92. The number of piperidine rings is 3. The Morgan fingerprint density at radius 1 is 1.17 bits per heavy atom. The fraction of sp³-hybridized carbons (Fsp3) is 0.348. The van der Waals surface area contributed by atoms with Crippen LogP contribution in [-0.2, 0) is 11.3 Å². The van der Waals surface area contributed by atoms with E-state index in [1.165, 1.54) is 0 Å². The van der Waals surface area contributed by atoms with E-state index >= 15 is 0 Å². The van der Waals surface area contributed by atoms with Crippen molar-refractivity contribution >= 4 is 17.3 Å². The van der Waals surface area contributed by atoms with Gasteiger partial charge in [-0.25, -0.2) is 0 Å². The first kappa shape index (κ1) is 18.8. The summed E-state index contributed by atoms with van der Waals surface area (Å²) in [5, 5.41) is 11.7. The minimum Gasteiger partial charge on any atom is -0.399 e. The number of nitrogens with two attached hydrogens (primary N) is 1.